The highest BCUT2D eigenvalue weighted by Crippen LogP contribution is 2.42. The quantitative estimate of drug-likeness (QED) is 0.747. The molecule has 0 radical (unpaired) electrons. The summed E-state index contributed by atoms with van der Waals surface area (Å²) in [6, 6.07) is -0.104. The highest BCUT2D eigenvalue weighted by molar-refractivity contribution is 7.92. The number of nitrogens with two attached hydrogens (primary N) is 1. The van der Waals surface area contributed by atoms with Crippen molar-refractivity contribution in [2.24, 2.45) is 0 Å². The lowest BCUT2D eigenvalue weighted by Crippen LogP contribution is -2.15. The van der Waals surface area contributed by atoms with E-state index in [1.807, 2.05) is 6.92 Å². The summed E-state index contributed by atoms with van der Waals surface area (Å²) in [4.78, 5) is 7.41. The number of aromatic amines is 1. The van der Waals surface area contributed by atoms with Gasteiger partial charge in [-0.3, -0.25) is 0 Å². The minimum atomic E-state index is -3.38. The Labute approximate surface area is 127 Å². The Balaban J connectivity index is 1.93. The SMILES string of the molecule is CCC(Nc1snc(N)c1S(=O)(=O)C1CC1)c1ncc[nH]1. The first-order valence-electron chi connectivity index (χ1n) is 6.79. The number of sulfone groups is 1. The molecule has 0 saturated heterocycles. The molecule has 1 unspecified atom stereocenters. The van der Waals surface area contributed by atoms with E-state index in [4.69, 9.17) is 5.73 Å². The molecule has 2 heterocycles. The second kappa shape index (κ2) is 5.30. The monoisotopic (exact) mass is 327 g/mol. The third kappa shape index (κ3) is 2.62. The number of H-pyrrole nitrogens is 1. The minimum Gasteiger partial charge on any atom is -0.382 e. The van der Waals surface area contributed by atoms with Crippen molar-refractivity contribution >= 4 is 32.2 Å². The van der Waals surface area contributed by atoms with Gasteiger partial charge in [0.25, 0.3) is 0 Å². The van der Waals surface area contributed by atoms with Crippen LogP contribution in [0.3, 0.4) is 0 Å². The predicted molar refractivity (Wildman–Crippen MR) is 82.0 cm³/mol. The van der Waals surface area contributed by atoms with Gasteiger partial charge >= 0.3 is 0 Å². The standard InChI is InChI=1S/C12H17N5O2S2/c1-2-8(11-14-5-6-15-11)16-12-9(10(13)17-20-12)21(18,19)7-3-4-7/h5-8,16H,2-4H2,1H3,(H2,13,17)(H,14,15). The Morgan fingerprint density at radius 2 is 2.33 bits per heavy atom. The highest BCUT2D eigenvalue weighted by atomic mass is 32.2. The third-order valence-electron chi connectivity index (χ3n) is 3.48. The summed E-state index contributed by atoms with van der Waals surface area (Å²) in [5.74, 6) is 0.850. The molecule has 0 amide bonds. The molecule has 2 aromatic rings. The van der Waals surface area contributed by atoms with Gasteiger partial charge in [-0.15, -0.1) is 0 Å². The van der Waals surface area contributed by atoms with Crippen LogP contribution in [-0.2, 0) is 9.84 Å². The van der Waals surface area contributed by atoms with Gasteiger partial charge in [0.05, 0.1) is 11.3 Å². The van der Waals surface area contributed by atoms with Crippen LogP contribution in [0.4, 0.5) is 10.8 Å². The van der Waals surface area contributed by atoms with E-state index in [1.54, 1.807) is 12.4 Å². The van der Waals surface area contributed by atoms with Crippen molar-refractivity contribution in [2.75, 3.05) is 11.1 Å². The summed E-state index contributed by atoms with van der Waals surface area (Å²) in [7, 11) is -3.38. The molecule has 0 aliphatic heterocycles. The predicted octanol–water partition coefficient (Wildman–Crippen LogP) is 1.95. The third-order valence-corrected chi connectivity index (χ3v) is 6.74. The Morgan fingerprint density at radius 1 is 1.57 bits per heavy atom. The van der Waals surface area contributed by atoms with Crippen molar-refractivity contribution < 1.29 is 8.42 Å². The fourth-order valence-electron chi connectivity index (χ4n) is 2.20. The van der Waals surface area contributed by atoms with Crippen molar-refractivity contribution in [3.63, 3.8) is 0 Å². The number of hydrogen-bond donors (Lipinski definition) is 3. The molecule has 1 aliphatic rings. The van der Waals surface area contributed by atoms with E-state index in [0.717, 1.165) is 23.8 Å². The smallest absolute Gasteiger partial charge is 0.187 e. The Bertz CT molecular complexity index is 719. The Kier molecular flexibility index (Phi) is 3.62. The first-order valence-corrected chi connectivity index (χ1v) is 9.10. The number of rotatable bonds is 6. The number of nitrogen functional groups attached to an aromatic ring is 1. The molecule has 3 rings (SSSR count). The molecule has 114 valence electrons. The van der Waals surface area contributed by atoms with Crippen molar-refractivity contribution in [1.29, 1.82) is 0 Å². The number of aromatic nitrogens is 3. The van der Waals surface area contributed by atoms with E-state index in [0.29, 0.717) is 17.8 Å². The molecular formula is C12H17N5O2S2. The zero-order valence-corrected chi connectivity index (χ0v) is 13.2. The van der Waals surface area contributed by atoms with E-state index in [-0.39, 0.29) is 22.0 Å². The average molecular weight is 327 g/mol. The maximum absolute atomic E-state index is 12.5. The summed E-state index contributed by atoms with van der Waals surface area (Å²) in [6.07, 6.45) is 5.57. The molecule has 1 fully saturated rings. The second-order valence-corrected chi connectivity index (χ2v) is 7.99. The topological polar surface area (TPSA) is 114 Å². The maximum Gasteiger partial charge on any atom is 0.187 e. The fraction of sp³-hybridized carbons (Fsp3) is 0.500. The van der Waals surface area contributed by atoms with Crippen LogP contribution in [-0.4, -0.2) is 28.0 Å². The van der Waals surface area contributed by atoms with Crippen molar-refractivity contribution in [2.45, 2.75) is 42.4 Å². The molecule has 2 aromatic heterocycles. The molecule has 1 aliphatic carbocycles. The molecule has 0 spiro atoms. The van der Waals surface area contributed by atoms with E-state index >= 15 is 0 Å². The average Bonchev–Trinajstić information content (AvgIpc) is 3.06. The van der Waals surface area contributed by atoms with E-state index in [9.17, 15) is 8.42 Å². The lowest BCUT2D eigenvalue weighted by atomic mass is 10.2. The number of nitrogens with zero attached hydrogens (tertiary/aromatic N) is 2. The molecule has 0 aromatic carbocycles. The molecule has 4 N–H and O–H groups in total. The Morgan fingerprint density at radius 3 is 2.90 bits per heavy atom. The van der Waals surface area contributed by atoms with Crippen LogP contribution in [0.5, 0.6) is 0 Å². The van der Waals surface area contributed by atoms with Crippen molar-refractivity contribution in [1.82, 2.24) is 14.3 Å². The summed E-state index contributed by atoms with van der Waals surface area (Å²) in [6.45, 7) is 2.00. The number of nitrogens with one attached hydrogen (secondary N) is 2. The van der Waals surface area contributed by atoms with Crippen LogP contribution in [0.15, 0.2) is 17.3 Å². The van der Waals surface area contributed by atoms with Crippen molar-refractivity contribution in [3.8, 4) is 0 Å². The molecular weight excluding hydrogens is 310 g/mol. The van der Waals surface area contributed by atoms with Gasteiger partial charge in [0.1, 0.15) is 15.7 Å². The first-order chi connectivity index (χ1) is 10.0. The zero-order chi connectivity index (χ0) is 15.0. The molecule has 7 nitrogen and oxygen atoms in total. The van der Waals surface area contributed by atoms with Gasteiger partial charge in [0.15, 0.2) is 15.7 Å². The van der Waals surface area contributed by atoms with Crippen LogP contribution < -0.4 is 11.1 Å². The van der Waals surface area contributed by atoms with Crippen LogP contribution in [0.25, 0.3) is 0 Å². The Hall–Kier alpha value is -1.61. The fourth-order valence-corrected chi connectivity index (χ4v) is 5.12. The van der Waals surface area contributed by atoms with E-state index in [1.165, 1.54) is 0 Å². The number of hydrogen-bond acceptors (Lipinski definition) is 7. The van der Waals surface area contributed by atoms with Crippen LogP contribution in [0, 0.1) is 0 Å². The van der Waals surface area contributed by atoms with Crippen LogP contribution in [0.1, 0.15) is 38.1 Å². The van der Waals surface area contributed by atoms with Gasteiger partial charge in [-0.05, 0) is 30.8 Å². The summed E-state index contributed by atoms with van der Waals surface area (Å²) in [5, 5.41) is 3.41. The lowest BCUT2D eigenvalue weighted by Gasteiger charge is -2.15. The molecule has 0 bridgehead atoms. The largest absolute Gasteiger partial charge is 0.382 e. The first kappa shape index (κ1) is 14.3. The summed E-state index contributed by atoms with van der Waals surface area (Å²) in [5.41, 5.74) is 5.79. The van der Waals surface area contributed by atoms with Gasteiger partial charge in [-0.1, -0.05) is 6.92 Å². The summed E-state index contributed by atoms with van der Waals surface area (Å²) >= 11 is 1.08. The number of anilines is 2. The van der Waals surface area contributed by atoms with E-state index in [2.05, 4.69) is 19.7 Å². The van der Waals surface area contributed by atoms with Crippen LogP contribution >= 0.6 is 11.5 Å². The minimum absolute atomic E-state index is 0.0868. The highest BCUT2D eigenvalue weighted by Gasteiger charge is 2.41. The van der Waals surface area contributed by atoms with E-state index < -0.39 is 9.84 Å². The van der Waals surface area contributed by atoms with Gasteiger partial charge < -0.3 is 16.0 Å². The van der Waals surface area contributed by atoms with Gasteiger partial charge in [0.2, 0.25) is 0 Å². The van der Waals surface area contributed by atoms with Gasteiger partial charge in [-0.2, -0.15) is 4.37 Å². The summed E-state index contributed by atoms with van der Waals surface area (Å²) < 4.78 is 29.0. The van der Waals surface area contributed by atoms with Gasteiger partial charge in [-0.25, -0.2) is 13.4 Å². The number of imidazole rings is 1. The lowest BCUT2D eigenvalue weighted by molar-refractivity contribution is 0.595. The second-order valence-electron chi connectivity index (χ2n) is 5.05. The maximum atomic E-state index is 12.5. The van der Waals surface area contributed by atoms with Crippen LogP contribution in [0.2, 0.25) is 0 Å². The zero-order valence-electron chi connectivity index (χ0n) is 11.5. The molecule has 1 saturated carbocycles. The normalized spacial score (nSPS) is 16.8. The molecule has 21 heavy (non-hydrogen) atoms. The molecule has 9 heteroatoms. The van der Waals surface area contributed by atoms with Gasteiger partial charge in [0, 0.05) is 12.4 Å². The molecule has 1 atom stereocenters. The van der Waals surface area contributed by atoms with Crippen molar-refractivity contribution in [3.05, 3.63) is 18.2 Å².